The van der Waals surface area contributed by atoms with Crippen molar-refractivity contribution in [2.75, 3.05) is 0 Å². The third-order valence-electron chi connectivity index (χ3n) is 3.79. The van der Waals surface area contributed by atoms with E-state index < -0.39 is 0 Å². The summed E-state index contributed by atoms with van der Waals surface area (Å²) < 4.78 is 6.19. The number of carbonyl (C=O) groups excluding carboxylic acids is 1. The van der Waals surface area contributed by atoms with Crippen molar-refractivity contribution >= 4 is 39.2 Å². The zero-order valence-electron chi connectivity index (χ0n) is 14.5. The van der Waals surface area contributed by atoms with Crippen LogP contribution in [0.2, 0.25) is 0 Å². The molecule has 0 bridgehead atoms. The van der Waals surface area contributed by atoms with Crippen molar-refractivity contribution < 1.29 is 9.32 Å². The van der Waals surface area contributed by atoms with Crippen molar-refractivity contribution in [2.45, 2.75) is 24.2 Å². The van der Waals surface area contributed by atoms with E-state index in [0.717, 1.165) is 26.7 Å². The lowest BCUT2D eigenvalue weighted by molar-refractivity contribution is 0.0947. The molecule has 0 aliphatic heterocycles. The third-order valence-corrected chi connectivity index (χ3v) is 5.86. The molecule has 3 heterocycles. The van der Waals surface area contributed by atoms with E-state index in [1.165, 1.54) is 11.8 Å². The zero-order chi connectivity index (χ0) is 18.6. The molecule has 0 atom stereocenters. The molecule has 6 nitrogen and oxygen atoms in total. The number of aromatic nitrogens is 3. The van der Waals surface area contributed by atoms with Crippen LogP contribution in [-0.2, 0) is 12.3 Å². The number of nitrogens with zero attached hydrogens (tertiary/aromatic N) is 3. The van der Waals surface area contributed by atoms with E-state index in [9.17, 15) is 4.79 Å². The smallest absolute Gasteiger partial charge is 0.254 e. The number of pyridine rings is 1. The fourth-order valence-electron chi connectivity index (χ4n) is 2.55. The topological polar surface area (TPSA) is 80.9 Å². The van der Waals surface area contributed by atoms with Crippen molar-refractivity contribution in [3.05, 3.63) is 70.7 Å². The van der Waals surface area contributed by atoms with Crippen molar-refractivity contribution in [1.29, 1.82) is 0 Å². The summed E-state index contributed by atoms with van der Waals surface area (Å²) >= 11 is 3.04. The number of thiazole rings is 1. The van der Waals surface area contributed by atoms with E-state index in [1.807, 2.05) is 37.3 Å². The minimum absolute atomic E-state index is 0.166. The normalized spacial score (nSPS) is 11.0. The van der Waals surface area contributed by atoms with Gasteiger partial charge in [-0.15, -0.1) is 11.3 Å². The van der Waals surface area contributed by atoms with Crippen LogP contribution in [0.3, 0.4) is 0 Å². The highest BCUT2D eigenvalue weighted by atomic mass is 32.2. The molecule has 3 aromatic heterocycles. The van der Waals surface area contributed by atoms with Gasteiger partial charge in [-0.3, -0.25) is 4.79 Å². The second kappa shape index (κ2) is 7.89. The van der Waals surface area contributed by atoms with E-state index in [0.29, 0.717) is 22.9 Å². The highest BCUT2D eigenvalue weighted by molar-refractivity contribution is 7.98. The first kappa shape index (κ1) is 17.7. The highest BCUT2D eigenvalue weighted by Crippen LogP contribution is 2.25. The summed E-state index contributed by atoms with van der Waals surface area (Å²) in [5.41, 5.74) is 2.32. The van der Waals surface area contributed by atoms with Gasteiger partial charge in [0.15, 0.2) is 0 Å². The summed E-state index contributed by atoms with van der Waals surface area (Å²) in [6, 6.07) is 13.4. The van der Waals surface area contributed by atoms with Gasteiger partial charge in [0.1, 0.15) is 15.8 Å². The minimum atomic E-state index is -0.166. The van der Waals surface area contributed by atoms with E-state index in [4.69, 9.17) is 4.52 Å². The first-order chi connectivity index (χ1) is 13.2. The molecule has 0 aliphatic rings. The number of carbonyl (C=O) groups is 1. The molecule has 1 N–H and O–H groups in total. The summed E-state index contributed by atoms with van der Waals surface area (Å²) in [5, 5.41) is 8.45. The maximum Gasteiger partial charge on any atom is 0.254 e. The molecular weight excluding hydrogens is 380 g/mol. The Morgan fingerprint density at radius 3 is 2.96 bits per heavy atom. The minimum Gasteiger partial charge on any atom is -0.361 e. The molecule has 0 saturated carbocycles. The van der Waals surface area contributed by atoms with Gasteiger partial charge in [-0.1, -0.05) is 29.1 Å². The van der Waals surface area contributed by atoms with Gasteiger partial charge < -0.3 is 9.84 Å². The number of rotatable bonds is 6. The van der Waals surface area contributed by atoms with Crippen LogP contribution >= 0.6 is 23.1 Å². The molecule has 136 valence electrons. The summed E-state index contributed by atoms with van der Waals surface area (Å²) in [6.45, 7) is 2.24. The van der Waals surface area contributed by atoms with Gasteiger partial charge in [-0.05, 0) is 31.2 Å². The predicted molar refractivity (Wildman–Crippen MR) is 106 cm³/mol. The summed E-state index contributed by atoms with van der Waals surface area (Å²) in [5.74, 6) is 1.19. The molecule has 1 aromatic carbocycles. The standard InChI is InChI=1S/C19H16N4O2S2/c1-12-9-13(23-25-12)11-26-19-14(5-4-8-20-19)18(24)21-10-17-22-15-6-2-3-7-16(15)27-17/h2-9H,10-11H2,1H3,(H,21,24). The highest BCUT2D eigenvalue weighted by Gasteiger charge is 2.14. The van der Waals surface area contributed by atoms with Crippen molar-refractivity contribution in [3.63, 3.8) is 0 Å². The lowest BCUT2D eigenvalue weighted by atomic mass is 10.2. The SMILES string of the molecule is Cc1cc(CSc2ncccc2C(=O)NCc2nc3ccccc3s2)no1. The Kier molecular flexibility index (Phi) is 5.17. The van der Waals surface area contributed by atoms with Crippen LogP contribution in [0.5, 0.6) is 0 Å². The van der Waals surface area contributed by atoms with Gasteiger partial charge >= 0.3 is 0 Å². The number of para-hydroxylation sites is 1. The summed E-state index contributed by atoms with van der Waals surface area (Å²) in [4.78, 5) is 21.5. The van der Waals surface area contributed by atoms with Crippen LogP contribution in [-0.4, -0.2) is 21.0 Å². The van der Waals surface area contributed by atoms with Crippen molar-refractivity contribution in [3.8, 4) is 0 Å². The van der Waals surface area contributed by atoms with E-state index >= 15 is 0 Å². The monoisotopic (exact) mass is 396 g/mol. The van der Waals surface area contributed by atoms with Crippen molar-refractivity contribution in [1.82, 2.24) is 20.4 Å². The molecule has 27 heavy (non-hydrogen) atoms. The Labute approximate surface area is 164 Å². The fourth-order valence-corrected chi connectivity index (χ4v) is 4.33. The number of nitrogens with one attached hydrogen (secondary N) is 1. The van der Waals surface area contributed by atoms with Crippen LogP contribution in [0.25, 0.3) is 10.2 Å². The Morgan fingerprint density at radius 1 is 1.26 bits per heavy atom. The van der Waals surface area contributed by atoms with Crippen molar-refractivity contribution in [2.24, 2.45) is 0 Å². The molecule has 0 saturated heterocycles. The molecule has 0 aliphatic carbocycles. The second-order valence-electron chi connectivity index (χ2n) is 5.83. The summed E-state index contributed by atoms with van der Waals surface area (Å²) in [7, 11) is 0. The molecule has 0 radical (unpaired) electrons. The fraction of sp³-hybridized carbons (Fsp3) is 0.158. The third kappa shape index (κ3) is 4.17. The molecular formula is C19H16N4O2S2. The van der Waals surface area contributed by atoms with Gasteiger partial charge in [0.25, 0.3) is 5.91 Å². The molecule has 4 aromatic rings. The van der Waals surface area contributed by atoms with E-state index in [2.05, 4.69) is 20.4 Å². The molecule has 8 heteroatoms. The number of amides is 1. The Balaban J connectivity index is 1.43. The van der Waals surface area contributed by atoms with E-state index in [1.54, 1.807) is 29.7 Å². The molecule has 0 spiro atoms. The number of hydrogen-bond acceptors (Lipinski definition) is 7. The Hall–Kier alpha value is -2.71. The van der Waals surface area contributed by atoms with Gasteiger partial charge in [0.05, 0.1) is 28.0 Å². The van der Waals surface area contributed by atoms with Gasteiger partial charge in [-0.25, -0.2) is 9.97 Å². The average molecular weight is 396 g/mol. The molecule has 4 rings (SSSR count). The number of benzene rings is 1. The average Bonchev–Trinajstić information content (AvgIpc) is 3.30. The lowest BCUT2D eigenvalue weighted by Crippen LogP contribution is -2.23. The van der Waals surface area contributed by atoms with Crippen LogP contribution in [0.4, 0.5) is 0 Å². The zero-order valence-corrected chi connectivity index (χ0v) is 16.1. The first-order valence-corrected chi connectivity index (χ1v) is 10.1. The number of fused-ring (bicyclic) bond motifs is 1. The first-order valence-electron chi connectivity index (χ1n) is 8.32. The molecule has 0 unspecified atom stereocenters. The molecule has 0 fully saturated rings. The van der Waals surface area contributed by atoms with E-state index in [-0.39, 0.29) is 5.91 Å². The van der Waals surface area contributed by atoms with Gasteiger partial charge in [-0.2, -0.15) is 0 Å². The number of hydrogen-bond donors (Lipinski definition) is 1. The quantitative estimate of drug-likeness (QED) is 0.492. The van der Waals surface area contributed by atoms with Crippen LogP contribution in [0.1, 0.15) is 26.8 Å². The Bertz CT molecular complexity index is 1060. The van der Waals surface area contributed by atoms with Gasteiger partial charge in [0, 0.05) is 18.0 Å². The van der Waals surface area contributed by atoms with Crippen LogP contribution in [0.15, 0.2) is 58.2 Å². The number of thioether (sulfide) groups is 1. The Morgan fingerprint density at radius 2 is 2.15 bits per heavy atom. The second-order valence-corrected chi connectivity index (χ2v) is 7.91. The maximum absolute atomic E-state index is 12.6. The van der Waals surface area contributed by atoms with Crippen LogP contribution in [0, 0.1) is 6.92 Å². The lowest BCUT2D eigenvalue weighted by Gasteiger charge is -2.07. The largest absolute Gasteiger partial charge is 0.361 e. The maximum atomic E-state index is 12.6. The summed E-state index contributed by atoms with van der Waals surface area (Å²) in [6.07, 6.45) is 1.68. The van der Waals surface area contributed by atoms with Crippen LogP contribution < -0.4 is 5.32 Å². The van der Waals surface area contributed by atoms with Gasteiger partial charge in [0.2, 0.25) is 0 Å². The molecule has 1 amide bonds. The number of aryl methyl sites for hydroxylation is 1. The predicted octanol–water partition coefficient (Wildman–Crippen LogP) is 4.21.